The number of rotatable bonds is 5. The average Bonchev–Trinajstić information content (AvgIpc) is 2.60. The molecule has 0 saturated heterocycles. The predicted octanol–water partition coefficient (Wildman–Crippen LogP) is 3.88. The molecule has 0 unspecified atom stereocenters. The van der Waals surface area contributed by atoms with E-state index >= 15 is 0 Å². The summed E-state index contributed by atoms with van der Waals surface area (Å²) in [6.45, 7) is 0.504. The van der Waals surface area contributed by atoms with Crippen LogP contribution in [0.1, 0.15) is 5.56 Å². The molecular formula is C18H13F2N3O. The van der Waals surface area contributed by atoms with Crippen molar-refractivity contribution < 1.29 is 13.5 Å². The van der Waals surface area contributed by atoms with E-state index in [4.69, 9.17) is 4.74 Å². The second-order valence-electron chi connectivity index (χ2n) is 5.03. The molecule has 0 bridgehead atoms. The van der Waals surface area contributed by atoms with Gasteiger partial charge in [0.25, 0.3) is 0 Å². The SMILES string of the molecule is N#Cc1cnc2ccccc2c1NCCOc1ccc(F)cc1F. The lowest BCUT2D eigenvalue weighted by Crippen LogP contribution is -2.13. The number of hydrogen-bond acceptors (Lipinski definition) is 4. The Hall–Kier alpha value is -3.20. The summed E-state index contributed by atoms with van der Waals surface area (Å²) in [5.74, 6) is -1.42. The minimum absolute atomic E-state index is 0.0155. The van der Waals surface area contributed by atoms with Gasteiger partial charge in [-0.1, -0.05) is 18.2 Å². The average molecular weight is 325 g/mol. The maximum atomic E-state index is 13.5. The summed E-state index contributed by atoms with van der Waals surface area (Å²) < 4.78 is 31.6. The van der Waals surface area contributed by atoms with E-state index in [1.54, 1.807) is 0 Å². The van der Waals surface area contributed by atoms with E-state index in [9.17, 15) is 14.0 Å². The third-order valence-electron chi connectivity index (χ3n) is 3.45. The zero-order chi connectivity index (χ0) is 16.9. The topological polar surface area (TPSA) is 57.9 Å². The van der Waals surface area contributed by atoms with Gasteiger partial charge in [0.2, 0.25) is 0 Å². The van der Waals surface area contributed by atoms with Crippen molar-refractivity contribution in [2.24, 2.45) is 0 Å². The number of para-hydroxylation sites is 1. The van der Waals surface area contributed by atoms with Gasteiger partial charge in [0.15, 0.2) is 11.6 Å². The molecule has 0 atom stereocenters. The third kappa shape index (κ3) is 3.25. The summed E-state index contributed by atoms with van der Waals surface area (Å²) in [6.07, 6.45) is 1.51. The van der Waals surface area contributed by atoms with Gasteiger partial charge in [0.1, 0.15) is 18.5 Å². The number of nitrogens with zero attached hydrogens (tertiary/aromatic N) is 2. The molecule has 2 aromatic carbocycles. The molecule has 6 heteroatoms. The van der Waals surface area contributed by atoms with Crippen LogP contribution in [-0.4, -0.2) is 18.1 Å². The quantitative estimate of drug-likeness (QED) is 0.723. The number of halogens is 2. The molecule has 0 saturated carbocycles. The Balaban J connectivity index is 1.71. The highest BCUT2D eigenvalue weighted by Gasteiger charge is 2.09. The van der Waals surface area contributed by atoms with Crippen LogP contribution in [0, 0.1) is 23.0 Å². The number of aromatic nitrogens is 1. The first kappa shape index (κ1) is 15.7. The monoisotopic (exact) mass is 325 g/mol. The molecule has 3 aromatic rings. The Morgan fingerprint density at radius 2 is 2.00 bits per heavy atom. The number of pyridine rings is 1. The van der Waals surface area contributed by atoms with E-state index in [0.717, 1.165) is 23.0 Å². The fourth-order valence-corrected chi connectivity index (χ4v) is 2.35. The van der Waals surface area contributed by atoms with Crippen molar-refractivity contribution in [2.75, 3.05) is 18.5 Å². The Morgan fingerprint density at radius 3 is 2.79 bits per heavy atom. The zero-order valence-electron chi connectivity index (χ0n) is 12.6. The first-order valence-corrected chi connectivity index (χ1v) is 7.28. The van der Waals surface area contributed by atoms with Gasteiger partial charge >= 0.3 is 0 Å². The summed E-state index contributed by atoms with van der Waals surface area (Å²) >= 11 is 0. The number of fused-ring (bicyclic) bond motifs is 1. The van der Waals surface area contributed by atoms with Gasteiger partial charge in [-0.15, -0.1) is 0 Å². The number of nitrogens with one attached hydrogen (secondary N) is 1. The van der Waals surface area contributed by atoms with Gasteiger partial charge in [0, 0.05) is 24.2 Å². The fourth-order valence-electron chi connectivity index (χ4n) is 2.35. The number of hydrogen-bond donors (Lipinski definition) is 1. The molecular weight excluding hydrogens is 312 g/mol. The van der Waals surface area contributed by atoms with E-state index in [-0.39, 0.29) is 12.4 Å². The normalized spacial score (nSPS) is 10.4. The Labute approximate surface area is 137 Å². The molecule has 0 radical (unpaired) electrons. The van der Waals surface area contributed by atoms with E-state index in [0.29, 0.717) is 17.8 Å². The highest BCUT2D eigenvalue weighted by Crippen LogP contribution is 2.25. The number of ether oxygens (including phenoxy) is 1. The molecule has 0 aliphatic heterocycles. The van der Waals surface area contributed by atoms with Crippen molar-refractivity contribution in [3.8, 4) is 11.8 Å². The maximum Gasteiger partial charge on any atom is 0.167 e. The van der Waals surface area contributed by atoms with E-state index in [1.807, 2.05) is 24.3 Å². The maximum absolute atomic E-state index is 13.5. The molecule has 0 aliphatic carbocycles. The lowest BCUT2D eigenvalue weighted by atomic mass is 10.1. The van der Waals surface area contributed by atoms with Crippen molar-refractivity contribution in [2.45, 2.75) is 0 Å². The fraction of sp³-hybridized carbons (Fsp3) is 0.111. The molecule has 3 rings (SSSR count). The highest BCUT2D eigenvalue weighted by molar-refractivity contribution is 5.93. The number of benzene rings is 2. The lowest BCUT2D eigenvalue weighted by Gasteiger charge is -2.12. The molecule has 24 heavy (non-hydrogen) atoms. The van der Waals surface area contributed by atoms with Crippen LogP contribution in [0.25, 0.3) is 10.9 Å². The van der Waals surface area contributed by atoms with Crippen molar-refractivity contribution >= 4 is 16.6 Å². The van der Waals surface area contributed by atoms with E-state index in [2.05, 4.69) is 16.4 Å². The Kier molecular flexibility index (Phi) is 4.52. The molecule has 1 aromatic heterocycles. The minimum Gasteiger partial charge on any atom is -0.489 e. The summed E-state index contributed by atoms with van der Waals surface area (Å²) in [5, 5.41) is 13.2. The van der Waals surface area contributed by atoms with Crippen molar-refractivity contribution in [3.05, 3.63) is 65.9 Å². The van der Waals surface area contributed by atoms with Crippen LogP contribution in [0.4, 0.5) is 14.5 Å². The second-order valence-corrected chi connectivity index (χ2v) is 5.03. The van der Waals surface area contributed by atoms with Crippen LogP contribution >= 0.6 is 0 Å². The van der Waals surface area contributed by atoms with Crippen molar-refractivity contribution in [1.29, 1.82) is 5.26 Å². The third-order valence-corrected chi connectivity index (χ3v) is 3.45. The Morgan fingerprint density at radius 1 is 1.17 bits per heavy atom. The smallest absolute Gasteiger partial charge is 0.167 e. The lowest BCUT2D eigenvalue weighted by molar-refractivity contribution is 0.314. The molecule has 1 N–H and O–H groups in total. The first-order chi connectivity index (χ1) is 11.7. The minimum atomic E-state index is -0.748. The van der Waals surface area contributed by atoms with Gasteiger partial charge in [-0.05, 0) is 18.2 Å². The van der Waals surface area contributed by atoms with Gasteiger partial charge in [-0.2, -0.15) is 5.26 Å². The van der Waals surface area contributed by atoms with Crippen LogP contribution in [0.5, 0.6) is 5.75 Å². The van der Waals surface area contributed by atoms with Crippen LogP contribution in [0.15, 0.2) is 48.7 Å². The van der Waals surface area contributed by atoms with Crippen LogP contribution in [0.3, 0.4) is 0 Å². The summed E-state index contributed by atoms with van der Waals surface area (Å²) in [5.41, 5.74) is 1.84. The van der Waals surface area contributed by atoms with Crippen molar-refractivity contribution in [3.63, 3.8) is 0 Å². The van der Waals surface area contributed by atoms with Gasteiger partial charge in [0.05, 0.1) is 16.8 Å². The first-order valence-electron chi connectivity index (χ1n) is 7.28. The van der Waals surface area contributed by atoms with Gasteiger partial charge in [-0.3, -0.25) is 4.98 Å². The summed E-state index contributed by atoms with van der Waals surface area (Å²) in [4.78, 5) is 4.23. The van der Waals surface area contributed by atoms with Gasteiger partial charge < -0.3 is 10.1 Å². The summed E-state index contributed by atoms with van der Waals surface area (Å²) in [7, 11) is 0. The standard InChI is InChI=1S/C18H13F2N3O/c19-13-5-6-17(15(20)9-13)24-8-7-22-18-12(10-21)11-23-16-4-2-1-3-14(16)18/h1-6,9,11H,7-8H2,(H,22,23). The molecule has 4 nitrogen and oxygen atoms in total. The summed E-state index contributed by atoms with van der Waals surface area (Å²) in [6, 6.07) is 12.7. The number of nitriles is 1. The van der Waals surface area contributed by atoms with Crippen LogP contribution in [-0.2, 0) is 0 Å². The molecule has 0 amide bonds. The largest absolute Gasteiger partial charge is 0.489 e. The van der Waals surface area contributed by atoms with Crippen LogP contribution < -0.4 is 10.1 Å². The van der Waals surface area contributed by atoms with Crippen LogP contribution in [0.2, 0.25) is 0 Å². The van der Waals surface area contributed by atoms with E-state index < -0.39 is 11.6 Å². The molecule has 0 fully saturated rings. The second kappa shape index (κ2) is 6.92. The molecule has 120 valence electrons. The Bertz CT molecular complexity index is 922. The predicted molar refractivity (Wildman–Crippen MR) is 86.8 cm³/mol. The molecule has 0 spiro atoms. The number of anilines is 1. The molecule has 0 aliphatic rings. The zero-order valence-corrected chi connectivity index (χ0v) is 12.6. The van der Waals surface area contributed by atoms with Crippen molar-refractivity contribution in [1.82, 2.24) is 4.98 Å². The highest BCUT2D eigenvalue weighted by atomic mass is 19.1. The van der Waals surface area contributed by atoms with E-state index in [1.165, 1.54) is 12.3 Å². The molecule has 1 heterocycles. The van der Waals surface area contributed by atoms with Gasteiger partial charge in [-0.25, -0.2) is 8.78 Å².